The van der Waals surface area contributed by atoms with Gasteiger partial charge < -0.3 is 9.30 Å². The predicted molar refractivity (Wildman–Crippen MR) is 95.9 cm³/mol. The van der Waals surface area contributed by atoms with Crippen molar-refractivity contribution in [2.75, 3.05) is 13.2 Å². The van der Waals surface area contributed by atoms with Crippen molar-refractivity contribution in [3.63, 3.8) is 0 Å². The van der Waals surface area contributed by atoms with Gasteiger partial charge >= 0.3 is 6.09 Å². The molecule has 0 atom stereocenters. The van der Waals surface area contributed by atoms with Gasteiger partial charge in [-0.05, 0) is 25.1 Å². The lowest BCUT2D eigenvalue weighted by Crippen LogP contribution is -2.24. The number of aryl methyl sites for hydroxylation is 1. The number of aromatic nitrogens is 5. The van der Waals surface area contributed by atoms with E-state index in [9.17, 15) is 4.79 Å². The Bertz CT molecular complexity index is 1040. The smallest absolute Gasteiger partial charge is 0.410 e. The number of ether oxygens (including phenoxy) is 1. The molecule has 3 aromatic rings. The summed E-state index contributed by atoms with van der Waals surface area (Å²) in [6, 6.07) is 6.09. The molecular weight excluding hydrogens is 400 g/mol. The van der Waals surface area contributed by atoms with Crippen LogP contribution in [0.15, 0.2) is 29.0 Å². The monoisotopic (exact) mass is 414 g/mol. The van der Waals surface area contributed by atoms with Crippen molar-refractivity contribution in [3.8, 4) is 17.1 Å². The van der Waals surface area contributed by atoms with Crippen LogP contribution in [0, 0.1) is 6.92 Å². The van der Waals surface area contributed by atoms with E-state index in [1.807, 2.05) is 36.1 Å². The first-order valence-corrected chi connectivity index (χ1v) is 9.08. The Morgan fingerprint density at radius 1 is 1.35 bits per heavy atom. The van der Waals surface area contributed by atoms with Gasteiger partial charge in [-0.15, -0.1) is 0 Å². The highest BCUT2D eigenvalue weighted by atomic mass is 79.9. The van der Waals surface area contributed by atoms with E-state index < -0.39 is 0 Å². The fourth-order valence-electron chi connectivity index (χ4n) is 3.41. The zero-order valence-electron chi connectivity index (χ0n) is 14.0. The molecule has 0 N–H and O–H groups in total. The van der Waals surface area contributed by atoms with E-state index in [1.54, 1.807) is 4.90 Å². The molecule has 0 radical (unpaired) electrons. The third-order valence-electron chi connectivity index (χ3n) is 4.73. The van der Waals surface area contributed by atoms with E-state index in [4.69, 9.17) is 9.72 Å². The molecule has 0 unspecified atom stereocenters. The second-order valence-electron chi connectivity index (χ2n) is 6.35. The summed E-state index contributed by atoms with van der Waals surface area (Å²) in [4.78, 5) is 22.5. The van der Waals surface area contributed by atoms with Crippen LogP contribution in [-0.2, 0) is 17.8 Å². The molecule has 2 aliphatic heterocycles. The molecule has 1 aromatic carbocycles. The van der Waals surface area contributed by atoms with E-state index >= 15 is 0 Å². The summed E-state index contributed by atoms with van der Waals surface area (Å²) in [5, 5.41) is 4.66. The maximum Gasteiger partial charge on any atom is 0.410 e. The number of imidazole rings is 1. The van der Waals surface area contributed by atoms with Gasteiger partial charge in [0.15, 0.2) is 11.6 Å². The van der Waals surface area contributed by atoms with Gasteiger partial charge in [-0.3, -0.25) is 4.90 Å². The van der Waals surface area contributed by atoms with Gasteiger partial charge in [0, 0.05) is 10.0 Å². The summed E-state index contributed by atoms with van der Waals surface area (Å²) in [5.41, 5.74) is 4.02. The highest BCUT2D eigenvalue weighted by molar-refractivity contribution is 9.10. The molecule has 0 bridgehead atoms. The van der Waals surface area contributed by atoms with Gasteiger partial charge in [0.05, 0.1) is 43.0 Å². The van der Waals surface area contributed by atoms with Crippen molar-refractivity contribution in [1.82, 2.24) is 29.2 Å². The second-order valence-corrected chi connectivity index (χ2v) is 7.27. The molecule has 2 aromatic heterocycles. The number of fused-ring (bicyclic) bond motifs is 5. The Morgan fingerprint density at radius 3 is 3.04 bits per heavy atom. The standard InChI is InChI=1S/C17H15BrN6O2/c1-10-14-7-24-16(20-15(21-24)8-22-4-5-26-17(22)25)12-6-11(18)2-3-13(12)23(14)9-19-10/h2-3,6,9H,4-5,7-8H2,1H3. The minimum Gasteiger partial charge on any atom is -0.448 e. The Morgan fingerprint density at radius 2 is 2.23 bits per heavy atom. The summed E-state index contributed by atoms with van der Waals surface area (Å²) < 4.78 is 9.93. The number of carbonyl (C=O) groups is 1. The minimum absolute atomic E-state index is 0.313. The molecule has 26 heavy (non-hydrogen) atoms. The number of rotatable bonds is 2. The number of benzene rings is 1. The predicted octanol–water partition coefficient (Wildman–Crippen LogP) is 2.52. The average Bonchev–Trinajstić information content (AvgIpc) is 3.28. The van der Waals surface area contributed by atoms with Crippen LogP contribution >= 0.6 is 15.9 Å². The van der Waals surface area contributed by atoms with Crippen LogP contribution in [-0.4, -0.2) is 48.5 Å². The Kier molecular flexibility index (Phi) is 3.39. The largest absolute Gasteiger partial charge is 0.448 e. The Balaban J connectivity index is 1.64. The number of carbonyl (C=O) groups excluding carboxylic acids is 1. The third kappa shape index (κ3) is 2.34. The molecule has 1 saturated heterocycles. The van der Waals surface area contributed by atoms with E-state index in [2.05, 4.69) is 30.6 Å². The van der Waals surface area contributed by atoms with Crippen LogP contribution in [0.2, 0.25) is 0 Å². The second kappa shape index (κ2) is 5.66. The molecule has 0 spiro atoms. The number of halogens is 1. The van der Waals surface area contributed by atoms with Crippen LogP contribution < -0.4 is 0 Å². The SMILES string of the molecule is Cc1ncn2c1Cn1nc(CN3CCOC3=O)nc1-c1cc(Br)ccc1-2. The first-order valence-electron chi connectivity index (χ1n) is 8.28. The lowest BCUT2D eigenvalue weighted by molar-refractivity contribution is 0.156. The zero-order chi connectivity index (χ0) is 17.8. The summed E-state index contributed by atoms with van der Waals surface area (Å²) in [6.07, 6.45) is 1.53. The van der Waals surface area contributed by atoms with Gasteiger partial charge in [0.2, 0.25) is 0 Å². The van der Waals surface area contributed by atoms with Crippen molar-refractivity contribution in [3.05, 3.63) is 46.2 Å². The molecule has 2 aliphatic rings. The summed E-state index contributed by atoms with van der Waals surface area (Å²) >= 11 is 3.55. The number of nitrogens with zero attached hydrogens (tertiary/aromatic N) is 6. The fraction of sp³-hybridized carbons (Fsp3) is 0.294. The van der Waals surface area contributed by atoms with Crippen LogP contribution in [0.25, 0.3) is 17.1 Å². The molecule has 5 rings (SSSR count). The van der Waals surface area contributed by atoms with E-state index in [-0.39, 0.29) is 6.09 Å². The van der Waals surface area contributed by atoms with E-state index in [1.165, 1.54) is 0 Å². The van der Waals surface area contributed by atoms with Crippen molar-refractivity contribution in [2.45, 2.75) is 20.0 Å². The summed E-state index contributed by atoms with van der Waals surface area (Å²) in [6.45, 7) is 3.90. The van der Waals surface area contributed by atoms with E-state index in [0.717, 1.165) is 32.9 Å². The normalized spacial score (nSPS) is 15.3. The highest BCUT2D eigenvalue weighted by Crippen LogP contribution is 2.33. The quantitative estimate of drug-likeness (QED) is 0.503. The Labute approximate surface area is 157 Å². The topological polar surface area (TPSA) is 78.1 Å². The Hall–Kier alpha value is -2.68. The molecule has 1 amide bonds. The average molecular weight is 415 g/mol. The summed E-state index contributed by atoms with van der Waals surface area (Å²) in [7, 11) is 0. The first-order chi connectivity index (χ1) is 12.6. The zero-order valence-corrected chi connectivity index (χ0v) is 15.6. The molecular formula is C17H15BrN6O2. The number of cyclic esters (lactones) is 1. The maximum absolute atomic E-state index is 11.7. The lowest BCUT2D eigenvalue weighted by Gasteiger charge is -2.10. The van der Waals surface area contributed by atoms with Crippen LogP contribution in [0.5, 0.6) is 0 Å². The number of hydrogen-bond acceptors (Lipinski definition) is 5. The van der Waals surface area contributed by atoms with Crippen LogP contribution in [0.4, 0.5) is 4.79 Å². The van der Waals surface area contributed by atoms with Crippen LogP contribution in [0.3, 0.4) is 0 Å². The maximum atomic E-state index is 11.7. The highest BCUT2D eigenvalue weighted by Gasteiger charge is 2.27. The van der Waals surface area contributed by atoms with Gasteiger partial charge in [0.25, 0.3) is 0 Å². The number of amides is 1. The molecule has 132 valence electrons. The molecule has 0 saturated carbocycles. The van der Waals surface area contributed by atoms with Gasteiger partial charge in [-0.2, -0.15) is 5.10 Å². The van der Waals surface area contributed by atoms with Gasteiger partial charge in [0.1, 0.15) is 6.61 Å². The van der Waals surface area contributed by atoms with Crippen molar-refractivity contribution < 1.29 is 9.53 Å². The third-order valence-corrected chi connectivity index (χ3v) is 5.22. The molecule has 4 heterocycles. The van der Waals surface area contributed by atoms with Crippen molar-refractivity contribution >= 4 is 22.0 Å². The molecule has 0 aliphatic carbocycles. The molecule has 9 heteroatoms. The molecule has 1 fully saturated rings. The van der Waals surface area contributed by atoms with E-state index in [0.29, 0.717) is 32.1 Å². The fourth-order valence-corrected chi connectivity index (χ4v) is 3.77. The summed E-state index contributed by atoms with van der Waals surface area (Å²) in [5.74, 6) is 1.39. The van der Waals surface area contributed by atoms with Gasteiger partial charge in [-0.1, -0.05) is 15.9 Å². The van der Waals surface area contributed by atoms with Gasteiger partial charge in [-0.25, -0.2) is 19.4 Å². The number of hydrogen-bond donors (Lipinski definition) is 0. The van der Waals surface area contributed by atoms with Crippen molar-refractivity contribution in [1.29, 1.82) is 0 Å². The van der Waals surface area contributed by atoms with Crippen molar-refractivity contribution in [2.24, 2.45) is 0 Å². The molecule has 8 nitrogen and oxygen atoms in total. The van der Waals surface area contributed by atoms with Crippen LogP contribution in [0.1, 0.15) is 17.2 Å². The first kappa shape index (κ1) is 15.6. The minimum atomic E-state index is -0.313. The lowest BCUT2D eigenvalue weighted by atomic mass is 10.1.